The molecule has 0 fully saturated rings. The number of rotatable bonds is 8. The summed E-state index contributed by atoms with van der Waals surface area (Å²) < 4.78 is 70.1. The van der Waals surface area contributed by atoms with Crippen molar-refractivity contribution in [3.05, 3.63) is 0 Å². The van der Waals surface area contributed by atoms with E-state index in [1.54, 1.807) is 0 Å². The van der Waals surface area contributed by atoms with Gasteiger partial charge in [-0.15, -0.1) is 0 Å². The Hall–Kier alpha value is -0.370. The lowest BCUT2D eigenvalue weighted by atomic mass is 10.1. The third kappa shape index (κ3) is 10.2. The second-order valence-corrected chi connectivity index (χ2v) is 5.11. The third-order valence-corrected chi connectivity index (χ3v) is 2.93. The van der Waals surface area contributed by atoms with Gasteiger partial charge in [0.25, 0.3) is 10.1 Å². The molecule has 0 aromatic heterocycles. The quantitative estimate of drug-likeness (QED) is 0.501. The third-order valence-electron chi connectivity index (χ3n) is 1.95. The molecule has 0 unspecified atom stereocenters. The summed E-state index contributed by atoms with van der Waals surface area (Å²) in [5.74, 6) is -0.442. The van der Waals surface area contributed by atoms with Crippen LogP contribution in [-0.2, 0) is 14.5 Å². The van der Waals surface area contributed by atoms with E-state index >= 15 is 0 Å². The van der Waals surface area contributed by atoms with Crippen LogP contribution in [0.5, 0.6) is 0 Å². The molecule has 0 saturated heterocycles. The zero-order valence-electron chi connectivity index (χ0n) is 8.59. The van der Waals surface area contributed by atoms with Crippen LogP contribution in [0.2, 0.25) is 0 Å². The van der Waals surface area contributed by atoms with Crippen molar-refractivity contribution in [3.63, 3.8) is 0 Å². The molecule has 0 rings (SSSR count). The summed E-state index contributed by atoms with van der Waals surface area (Å²) in [7, 11) is -4.08. The topological polar surface area (TPSA) is 43.4 Å². The number of alkyl halides is 3. The summed E-state index contributed by atoms with van der Waals surface area (Å²) in [4.78, 5) is 0. The highest BCUT2D eigenvalue weighted by atomic mass is 32.2. The molecular weight excluding hydrogens is 252 g/mol. The summed E-state index contributed by atoms with van der Waals surface area (Å²) in [6, 6.07) is 0. The van der Waals surface area contributed by atoms with Gasteiger partial charge in [-0.2, -0.15) is 21.6 Å². The second kappa shape index (κ2) is 7.05. The minimum absolute atomic E-state index is 0.0376. The molecule has 0 aliphatic rings. The van der Waals surface area contributed by atoms with Gasteiger partial charge in [0.05, 0.1) is 5.75 Å². The molecule has 0 spiro atoms. The standard InChI is InChI=1S/C8H14F4O3S/c9-8(10,11)6-4-2-1-3-5-7-16(13,14)15-12/h1-7H2. The number of halogens is 4. The molecule has 98 valence electrons. The molecule has 0 atom stereocenters. The SMILES string of the molecule is O=S(=O)(CCCCCCCC(F)(F)F)OF. The average molecular weight is 266 g/mol. The lowest BCUT2D eigenvalue weighted by Crippen LogP contribution is -2.07. The Morgan fingerprint density at radius 3 is 1.94 bits per heavy atom. The van der Waals surface area contributed by atoms with Crippen LogP contribution in [-0.4, -0.2) is 20.3 Å². The molecule has 0 aliphatic carbocycles. The molecule has 0 radical (unpaired) electrons. The van der Waals surface area contributed by atoms with Crippen molar-refractivity contribution >= 4 is 10.1 Å². The van der Waals surface area contributed by atoms with Gasteiger partial charge in [0.15, 0.2) is 0 Å². The first-order valence-electron chi connectivity index (χ1n) is 4.86. The highest BCUT2D eigenvalue weighted by Gasteiger charge is 2.25. The first-order chi connectivity index (χ1) is 7.27. The maximum Gasteiger partial charge on any atom is 0.389 e. The van der Waals surface area contributed by atoms with Gasteiger partial charge in [0.1, 0.15) is 0 Å². The van der Waals surface area contributed by atoms with Crippen molar-refractivity contribution in [2.45, 2.75) is 44.7 Å². The van der Waals surface area contributed by atoms with E-state index < -0.39 is 28.5 Å². The molecular formula is C8H14F4O3S. The van der Waals surface area contributed by atoms with E-state index in [1.807, 2.05) is 0 Å². The van der Waals surface area contributed by atoms with Crippen molar-refractivity contribution in [2.24, 2.45) is 0 Å². The van der Waals surface area contributed by atoms with Gasteiger partial charge in [-0.25, -0.2) is 0 Å². The molecule has 0 saturated carbocycles. The lowest BCUT2D eigenvalue weighted by Gasteiger charge is -2.05. The summed E-state index contributed by atoms with van der Waals surface area (Å²) in [6.45, 7) is 0. The highest BCUT2D eigenvalue weighted by Crippen LogP contribution is 2.23. The summed E-state index contributed by atoms with van der Waals surface area (Å²) >= 11 is 0. The Morgan fingerprint density at radius 2 is 1.44 bits per heavy atom. The van der Waals surface area contributed by atoms with Crippen LogP contribution in [0.4, 0.5) is 17.7 Å². The van der Waals surface area contributed by atoms with E-state index in [0.717, 1.165) is 0 Å². The van der Waals surface area contributed by atoms with Gasteiger partial charge >= 0.3 is 6.18 Å². The highest BCUT2D eigenvalue weighted by molar-refractivity contribution is 7.86. The van der Waals surface area contributed by atoms with E-state index in [1.165, 1.54) is 0 Å². The van der Waals surface area contributed by atoms with Gasteiger partial charge in [0, 0.05) is 6.42 Å². The monoisotopic (exact) mass is 266 g/mol. The van der Waals surface area contributed by atoms with Crippen molar-refractivity contribution in [1.29, 1.82) is 0 Å². The van der Waals surface area contributed by atoms with Gasteiger partial charge in [0.2, 0.25) is 0 Å². The smallest absolute Gasteiger partial charge is 0.197 e. The van der Waals surface area contributed by atoms with E-state index in [-0.39, 0.29) is 12.8 Å². The molecule has 0 N–H and O–H groups in total. The zero-order valence-corrected chi connectivity index (χ0v) is 9.41. The normalized spacial score (nSPS) is 13.0. The Morgan fingerprint density at radius 1 is 0.938 bits per heavy atom. The molecule has 0 heterocycles. The maximum absolute atomic E-state index is 11.7. The Kier molecular flexibility index (Phi) is 6.89. The predicted octanol–water partition coefficient (Wildman–Crippen LogP) is 3.12. The summed E-state index contributed by atoms with van der Waals surface area (Å²) in [6.07, 6.45) is -3.40. The van der Waals surface area contributed by atoms with Crippen LogP contribution in [0.25, 0.3) is 0 Å². The Bertz CT molecular complexity index is 273. The van der Waals surface area contributed by atoms with Crippen LogP contribution >= 0.6 is 0 Å². The molecule has 0 amide bonds. The van der Waals surface area contributed by atoms with Gasteiger partial charge < -0.3 is 0 Å². The molecule has 0 bridgehead atoms. The van der Waals surface area contributed by atoms with E-state index in [4.69, 9.17) is 0 Å². The van der Waals surface area contributed by atoms with Crippen LogP contribution in [0.3, 0.4) is 0 Å². The fourth-order valence-electron chi connectivity index (χ4n) is 1.17. The molecule has 0 aromatic rings. The minimum Gasteiger partial charge on any atom is -0.197 e. The number of hydrogen-bond acceptors (Lipinski definition) is 3. The first-order valence-corrected chi connectivity index (χ1v) is 6.44. The second-order valence-electron chi connectivity index (χ2n) is 3.46. The molecule has 0 aromatic carbocycles. The Balaban J connectivity index is 3.36. The van der Waals surface area contributed by atoms with Crippen molar-refractivity contribution in [2.75, 3.05) is 5.75 Å². The maximum atomic E-state index is 11.7. The summed E-state index contributed by atoms with van der Waals surface area (Å²) in [5.41, 5.74) is 0. The largest absolute Gasteiger partial charge is 0.389 e. The van der Waals surface area contributed by atoms with E-state index in [2.05, 4.69) is 4.39 Å². The van der Waals surface area contributed by atoms with Crippen molar-refractivity contribution in [1.82, 2.24) is 0 Å². The van der Waals surface area contributed by atoms with Gasteiger partial charge in [-0.05, 0) is 17.4 Å². The molecule has 16 heavy (non-hydrogen) atoms. The van der Waals surface area contributed by atoms with E-state index in [9.17, 15) is 26.1 Å². The Labute approximate surface area is 91.8 Å². The van der Waals surface area contributed by atoms with Crippen LogP contribution in [0.15, 0.2) is 0 Å². The fraction of sp³-hybridized carbons (Fsp3) is 1.00. The molecule has 3 nitrogen and oxygen atoms in total. The number of hydrogen-bond donors (Lipinski definition) is 0. The van der Waals surface area contributed by atoms with Crippen LogP contribution in [0, 0.1) is 0 Å². The molecule has 0 aliphatic heterocycles. The molecule has 8 heteroatoms. The van der Waals surface area contributed by atoms with Crippen LogP contribution < -0.4 is 0 Å². The van der Waals surface area contributed by atoms with Crippen molar-refractivity contribution < 1.29 is 30.5 Å². The first kappa shape index (κ1) is 15.6. The van der Waals surface area contributed by atoms with Gasteiger partial charge in [-0.3, -0.25) is 0 Å². The lowest BCUT2D eigenvalue weighted by molar-refractivity contribution is -0.135. The average Bonchev–Trinajstić information content (AvgIpc) is 2.14. The zero-order chi connectivity index (χ0) is 12.7. The summed E-state index contributed by atoms with van der Waals surface area (Å²) in [5, 5.41) is 0. The predicted molar refractivity (Wildman–Crippen MR) is 49.7 cm³/mol. The van der Waals surface area contributed by atoms with Crippen LogP contribution in [0.1, 0.15) is 38.5 Å². The number of unbranched alkanes of at least 4 members (excludes halogenated alkanes) is 4. The van der Waals surface area contributed by atoms with Crippen molar-refractivity contribution in [3.8, 4) is 0 Å². The minimum atomic E-state index is -4.13. The van der Waals surface area contributed by atoms with E-state index in [0.29, 0.717) is 19.3 Å². The van der Waals surface area contributed by atoms with Gasteiger partial charge in [-0.1, -0.05) is 23.7 Å². The fourth-order valence-corrected chi connectivity index (χ4v) is 1.79.